The van der Waals surface area contributed by atoms with E-state index < -0.39 is 0 Å². The summed E-state index contributed by atoms with van der Waals surface area (Å²) in [5.74, 6) is 3.45. The van der Waals surface area contributed by atoms with Crippen LogP contribution in [0.2, 0.25) is 0 Å². The van der Waals surface area contributed by atoms with E-state index in [2.05, 4.69) is 31.9 Å². The van der Waals surface area contributed by atoms with Crippen molar-refractivity contribution in [3.8, 4) is 5.75 Å². The Morgan fingerprint density at radius 1 is 1.39 bits per heavy atom. The quantitative estimate of drug-likeness (QED) is 0.660. The first-order chi connectivity index (χ1) is 11.2. The van der Waals surface area contributed by atoms with Crippen LogP contribution in [-0.4, -0.2) is 34.4 Å². The van der Waals surface area contributed by atoms with Gasteiger partial charge in [-0.05, 0) is 13.0 Å². The maximum atomic E-state index is 5.69. The van der Waals surface area contributed by atoms with Gasteiger partial charge in [0.1, 0.15) is 11.6 Å². The molecule has 1 aromatic heterocycles. The third-order valence-electron chi connectivity index (χ3n) is 4.09. The fourth-order valence-corrected chi connectivity index (χ4v) is 2.62. The minimum atomic E-state index is 0.187. The lowest BCUT2D eigenvalue weighted by Gasteiger charge is -2.28. The molecule has 2 aromatic rings. The lowest BCUT2D eigenvalue weighted by molar-refractivity contribution is 0.261. The summed E-state index contributed by atoms with van der Waals surface area (Å²) in [5.41, 5.74) is 1.16. The molecule has 2 N–H and O–H groups in total. The van der Waals surface area contributed by atoms with E-state index >= 15 is 0 Å². The molecule has 1 unspecified atom stereocenters. The van der Waals surface area contributed by atoms with Gasteiger partial charge < -0.3 is 19.9 Å². The highest BCUT2D eigenvalue weighted by Gasteiger charge is 2.21. The molecule has 1 aromatic carbocycles. The van der Waals surface area contributed by atoms with Crippen molar-refractivity contribution in [2.75, 3.05) is 13.7 Å². The second-order valence-electron chi connectivity index (χ2n) is 5.52. The molecule has 0 saturated carbocycles. The fraction of sp³-hybridized carbons (Fsp3) is 0.438. The molecule has 0 bridgehead atoms. The number of para-hydroxylation sites is 1. The van der Waals surface area contributed by atoms with Gasteiger partial charge in [-0.15, -0.1) is 10.2 Å². The van der Waals surface area contributed by atoms with Crippen molar-refractivity contribution in [1.29, 1.82) is 0 Å². The van der Waals surface area contributed by atoms with Crippen LogP contribution in [0.4, 0.5) is 0 Å². The fourth-order valence-electron chi connectivity index (χ4n) is 2.62. The molecule has 0 aliphatic carbocycles. The summed E-state index contributed by atoms with van der Waals surface area (Å²) in [5, 5.41) is 15.0. The van der Waals surface area contributed by atoms with Gasteiger partial charge in [0.05, 0.1) is 19.2 Å². The van der Waals surface area contributed by atoms with Gasteiger partial charge in [-0.3, -0.25) is 4.99 Å². The van der Waals surface area contributed by atoms with Crippen molar-refractivity contribution in [2.24, 2.45) is 12.0 Å². The van der Waals surface area contributed by atoms with Gasteiger partial charge in [-0.1, -0.05) is 18.2 Å². The Hall–Kier alpha value is -2.57. The summed E-state index contributed by atoms with van der Waals surface area (Å²) in [4.78, 5) is 4.30. The Kier molecular flexibility index (Phi) is 4.45. The zero-order valence-electron chi connectivity index (χ0n) is 13.7. The van der Waals surface area contributed by atoms with E-state index in [-0.39, 0.29) is 6.04 Å². The molecule has 0 saturated heterocycles. The average molecular weight is 314 g/mol. The van der Waals surface area contributed by atoms with E-state index in [4.69, 9.17) is 4.74 Å². The van der Waals surface area contributed by atoms with E-state index in [0.717, 1.165) is 35.3 Å². The first-order valence-corrected chi connectivity index (χ1v) is 7.73. The highest BCUT2D eigenvalue weighted by atomic mass is 16.5. The summed E-state index contributed by atoms with van der Waals surface area (Å²) in [7, 11) is 3.72. The van der Waals surface area contributed by atoms with Crippen LogP contribution in [0.5, 0.6) is 5.75 Å². The van der Waals surface area contributed by atoms with Gasteiger partial charge in [0.15, 0.2) is 11.8 Å². The molecule has 1 aliphatic heterocycles. The zero-order valence-corrected chi connectivity index (χ0v) is 13.7. The molecule has 0 amide bonds. The molecule has 7 nitrogen and oxygen atoms in total. The Bertz CT molecular complexity index is 708. The van der Waals surface area contributed by atoms with Crippen molar-refractivity contribution in [3.63, 3.8) is 0 Å². The van der Waals surface area contributed by atoms with Gasteiger partial charge in [-0.25, -0.2) is 0 Å². The molecule has 122 valence electrons. The van der Waals surface area contributed by atoms with Crippen LogP contribution in [0, 0.1) is 6.92 Å². The first kappa shape index (κ1) is 15.3. The smallest absolute Gasteiger partial charge is 0.191 e. The highest BCUT2D eigenvalue weighted by molar-refractivity contribution is 5.80. The third kappa shape index (κ3) is 3.28. The molecule has 7 heteroatoms. The summed E-state index contributed by atoms with van der Waals surface area (Å²) >= 11 is 0. The van der Waals surface area contributed by atoms with Gasteiger partial charge in [0.25, 0.3) is 0 Å². The van der Waals surface area contributed by atoms with Gasteiger partial charge in [0, 0.05) is 26.1 Å². The number of fused-ring (bicyclic) bond motifs is 1. The number of guanidine groups is 1. The molecule has 1 atom stereocenters. The van der Waals surface area contributed by atoms with Crippen LogP contribution in [0.25, 0.3) is 0 Å². The van der Waals surface area contributed by atoms with E-state index in [0.29, 0.717) is 13.2 Å². The van der Waals surface area contributed by atoms with Crippen molar-refractivity contribution in [2.45, 2.75) is 25.9 Å². The molecule has 0 spiro atoms. The number of benzene rings is 1. The zero-order chi connectivity index (χ0) is 16.2. The normalized spacial score (nSPS) is 17.3. The van der Waals surface area contributed by atoms with Gasteiger partial charge in [-0.2, -0.15) is 0 Å². The number of nitrogens with one attached hydrogen (secondary N) is 2. The first-order valence-electron chi connectivity index (χ1n) is 7.73. The minimum absolute atomic E-state index is 0.187. The highest BCUT2D eigenvalue weighted by Crippen LogP contribution is 2.31. The van der Waals surface area contributed by atoms with E-state index in [9.17, 15) is 0 Å². The van der Waals surface area contributed by atoms with Crippen LogP contribution in [0.3, 0.4) is 0 Å². The van der Waals surface area contributed by atoms with Crippen molar-refractivity contribution in [1.82, 2.24) is 25.4 Å². The third-order valence-corrected chi connectivity index (χ3v) is 4.09. The van der Waals surface area contributed by atoms with E-state index in [1.165, 1.54) is 0 Å². The molecular formula is C16H22N6O. The molecular weight excluding hydrogens is 292 g/mol. The second-order valence-corrected chi connectivity index (χ2v) is 5.52. The van der Waals surface area contributed by atoms with Crippen molar-refractivity contribution < 1.29 is 4.74 Å². The molecule has 1 aliphatic rings. The Balaban J connectivity index is 1.66. The largest absolute Gasteiger partial charge is 0.493 e. The molecule has 3 rings (SSSR count). The number of ether oxygens (including phenoxy) is 1. The van der Waals surface area contributed by atoms with E-state index in [1.807, 2.05) is 36.7 Å². The van der Waals surface area contributed by atoms with Crippen LogP contribution in [0.1, 0.15) is 29.7 Å². The maximum absolute atomic E-state index is 5.69. The summed E-state index contributed by atoms with van der Waals surface area (Å²) in [6.07, 6.45) is 0.904. The maximum Gasteiger partial charge on any atom is 0.191 e. The Morgan fingerprint density at radius 3 is 2.96 bits per heavy atom. The minimum Gasteiger partial charge on any atom is -0.493 e. The standard InChI is InChI=1S/C16H22N6O/c1-11-20-21-15(22(11)3)10-18-16(17-2)19-13-8-9-23-14-7-5-4-6-12(13)14/h4-7,13H,8-10H2,1-3H3,(H2,17,18,19). The van der Waals surface area contributed by atoms with Crippen molar-refractivity contribution in [3.05, 3.63) is 41.5 Å². The number of nitrogens with zero attached hydrogens (tertiary/aromatic N) is 4. The topological polar surface area (TPSA) is 76.4 Å². The lowest BCUT2D eigenvalue weighted by atomic mass is 10.0. The van der Waals surface area contributed by atoms with Crippen LogP contribution in [-0.2, 0) is 13.6 Å². The average Bonchev–Trinajstić information content (AvgIpc) is 2.90. The van der Waals surface area contributed by atoms with Crippen LogP contribution >= 0.6 is 0 Å². The number of rotatable bonds is 3. The van der Waals surface area contributed by atoms with Crippen LogP contribution < -0.4 is 15.4 Å². The number of hydrogen-bond donors (Lipinski definition) is 2. The number of aryl methyl sites for hydroxylation is 1. The Morgan fingerprint density at radius 2 is 2.22 bits per heavy atom. The number of hydrogen-bond acceptors (Lipinski definition) is 4. The SMILES string of the molecule is CN=C(NCc1nnc(C)n1C)NC1CCOc2ccccc21. The molecule has 2 heterocycles. The lowest BCUT2D eigenvalue weighted by Crippen LogP contribution is -2.41. The molecule has 0 radical (unpaired) electrons. The Labute approximate surface area is 135 Å². The van der Waals surface area contributed by atoms with Crippen LogP contribution in [0.15, 0.2) is 29.3 Å². The second kappa shape index (κ2) is 6.68. The molecule has 23 heavy (non-hydrogen) atoms. The predicted octanol–water partition coefficient (Wildman–Crippen LogP) is 1.31. The predicted molar refractivity (Wildman–Crippen MR) is 88.4 cm³/mol. The molecule has 0 fully saturated rings. The van der Waals surface area contributed by atoms with Gasteiger partial charge in [0.2, 0.25) is 0 Å². The monoisotopic (exact) mass is 314 g/mol. The summed E-state index contributed by atoms with van der Waals surface area (Å²) in [6, 6.07) is 8.30. The summed E-state index contributed by atoms with van der Waals surface area (Å²) < 4.78 is 7.66. The van der Waals surface area contributed by atoms with E-state index in [1.54, 1.807) is 7.05 Å². The number of aromatic nitrogens is 3. The summed E-state index contributed by atoms with van der Waals surface area (Å²) in [6.45, 7) is 3.21. The number of aliphatic imine (C=N–C) groups is 1. The van der Waals surface area contributed by atoms with Crippen molar-refractivity contribution >= 4 is 5.96 Å². The van der Waals surface area contributed by atoms with Gasteiger partial charge >= 0.3 is 0 Å².